The lowest BCUT2D eigenvalue weighted by atomic mass is 9.87. The van der Waals surface area contributed by atoms with Crippen molar-refractivity contribution in [3.63, 3.8) is 0 Å². The maximum Gasteiger partial charge on any atom is 0.0752 e. The van der Waals surface area contributed by atoms with Crippen LogP contribution in [0.1, 0.15) is 52.4 Å². The normalized spacial score (nSPS) is 24.8. The van der Waals surface area contributed by atoms with Crippen molar-refractivity contribution in [3.8, 4) is 0 Å². The third kappa shape index (κ3) is 2.34. The molecule has 0 aliphatic heterocycles. The van der Waals surface area contributed by atoms with Gasteiger partial charge in [0.25, 0.3) is 0 Å². The monoisotopic (exact) mass is 168 g/mol. The molecule has 0 amide bonds. The van der Waals surface area contributed by atoms with Gasteiger partial charge in [-0.15, -0.1) is 0 Å². The second-order valence-corrected chi connectivity index (χ2v) is 3.82. The highest BCUT2D eigenvalue weighted by molar-refractivity contribution is 5.19. The molecule has 0 saturated heterocycles. The zero-order valence-corrected chi connectivity index (χ0v) is 8.27. The van der Waals surface area contributed by atoms with E-state index in [-0.39, 0.29) is 6.10 Å². The lowest BCUT2D eigenvalue weighted by molar-refractivity contribution is 0.184. The molecule has 0 saturated carbocycles. The Hall–Kier alpha value is -0.300. The minimum Gasteiger partial charge on any atom is -0.389 e. The van der Waals surface area contributed by atoms with Crippen molar-refractivity contribution in [1.82, 2.24) is 0 Å². The lowest BCUT2D eigenvalue weighted by Gasteiger charge is -2.23. The number of allylic oxidation sites excluding steroid dienone is 1. The van der Waals surface area contributed by atoms with E-state index in [4.69, 9.17) is 0 Å². The van der Waals surface area contributed by atoms with E-state index < -0.39 is 0 Å². The number of rotatable bonds is 3. The van der Waals surface area contributed by atoms with Gasteiger partial charge in [0.2, 0.25) is 0 Å². The van der Waals surface area contributed by atoms with Gasteiger partial charge in [0.15, 0.2) is 0 Å². The molecule has 1 atom stereocenters. The molecular formula is C11H20O. The van der Waals surface area contributed by atoms with E-state index in [9.17, 15) is 5.11 Å². The van der Waals surface area contributed by atoms with Crippen LogP contribution in [0.15, 0.2) is 11.1 Å². The summed E-state index contributed by atoms with van der Waals surface area (Å²) in [6, 6.07) is 0. The van der Waals surface area contributed by atoms with Crippen LogP contribution < -0.4 is 0 Å². The zero-order valence-electron chi connectivity index (χ0n) is 8.27. The summed E-state index contributed by atoms with van der Waals surface area (Å²) in [5.41, 5.74) is 2.78. The van der Waals surface area contributed by atoms with Crippen LogP contribution in [0, 0.1) is 0 Å². The van der Waals surface area contributed by atoms with Gasteiger partial charge in [0.05, 0.1) is 6.10 Å². The molecule has 0 radical (unpaired) electrons. The molecule has 1 aliphatic rings. The molecule has 1 nitrogen and oxygen atoms in total. The van der Waals surface area contributed by atoms with Gasteiger partial charge in [-0.1, -0.05) is 18.9 Å². The molecular weight excluding hydrogens is 148 g/mol. The molecule has 70 valence electrons. The minimum atomic E-state index is -0.120. The van der Waals surface area contributed by atoms with Gasteiger partial charge in [-0.2, -0.15) is 0 Å². The summed E-state index contributed by atoms with van der Waals surface area (Å²) in [7, 11) is 0. The molecule has 1 heteroatoms. The third-order valence-electron chi connectivity index (χ3n) is 2.78. The Morgan fingerprint density at radius 2 is 2.25 bits per heavy atom. The molecule has 0 spiro atoms. The molecule has 0 aromatic carbocycles. The summed E-state index contributed by atoms with van der Waals surface area (Å²) >= 11 is 0. The van der Waals surface area contributed by atoms with E-state index in [0.29, 0.717) is 0 Å². The largest absolute Gasteiger partial charge is 0.389 e. The SMILES string of the molecule is CCCCC1=C(C)CCCC1O. The van der Waals surface area contributed by atoms with E-state index in [1.165, 1.54) is 36.8 Å². The van der Waals surface area contributed by atoms with Crippen LogP contribution in [-0.4, -0.2) is 11.2 Å². The van der Waals surface area contributed by atoms with E-state index in [1.807, 2.05) is 0 Å². The minimum absolute atomic E-state index is 0.120. The zero-order chi connectivity index (χ0) is 8.97. The fourth-order valence-electron chi connectivity index (χ4n) is 1.93. The molecule has 0 aromatic rings. The Labute approximate surface area is 75.5 Å². The number of aliphatic hydroxyl groups is 1. The maximum atomic E-state index is 9.71. The van der Waals surface area contributed by atoms with Gasteiger partial charge in [0, 0.05) is 0 Å². The van der Waals surface area contributed by atoms with Crippen molar-refractivity contribution in [2.45, 2.75) is 58.5 Å². The summed E-state index contributed by atoms with van der Waals surface area (Å²) in [4.78, 5) is 0. The van der Waals surface area contributed by atoms with Crippen LogP contribution in [0.25, 0.3) is 0 Å². The van der Waals surface area contributed by atoms with Crippen LogP contribution in [-0.2, 0) is 0 Å². The molecule has 0 aromatic heterocycles. The van der Waals surface area contributed by atoms with Crippen LogP contribution in [0.2, 0.25) is 0 Å². The molecule has 0 bridgehead atoms. The first-order valence-electron chi connectivity index (χ1n) is 5.12. The molecule has 1 unspecified atom stereocenters. The summed E-state index contributed by atoms with van der Waals surface area (Å²) < 4.78 is 0. The van der Waals surface area contributed by atoms with Crippen LogP contribution in [0.3, 0.4) is 0 Å². The number of unbranched alkanes of at least 4 members (excludes halogenated alkanes) is 1. The highest BCUT2D eigenvalue weighted by Gasteiger charge is 2.17. The Bertz CT molecular complexity index is 170. The van der Waals surface area contributed by atoms with Crippen molar-refractivity contribution < 1.29 is 5.11 Å². The van der Waals surface area contributed by atoms with Crippen molar-refractivity contribution in [3.05, 3.63) is 11.1 Å². The Balaban J connectivity index is 2.55. The topological polar surface area (TPSA) is 20.2 Å². The molecule has 1 rings (SSSR count). The highest BCUT2D eigenvalue weighted by atomic mass is 16.3. The van der Waals surface area contributed by atoms with E-state index in [0.717, 1.165) is 12.8 Å². The van der Waals surface area contributed by atoms with Gasteiger partial charge < -0.3 is 5.11 Å². The van der Waals surface area contributed by atoms with Gasteiger partial charge in [0.1, 0.15) is 0 Å². The van der Waals surface area contributed by atoms with Crippen LogP contribution in [0.4, 0.5) is 0 Å². The Morgan fingerprint density at radius 3 is 2.83 bits per heavy atom. The van der Waals surface area contributed by atoms with Crippen LogP contribution >= 0.6 is 0 Å². The highest BCUT2D eigenvalue weighted by Crippen LogP contribution is 2.28. The number of hydrogen-bond donors (Lipinski definition) is 1. The average Bonchev–Trinajstić information content (AvgIpc) is 2.04. The number of hydrogen-bond acceptors (Lipinski definition) is 1. The number of aliphatic hydroxyl groups excluding tert-OH is 1. The second kappa shape index (κ2) is 4.66. The Kier molecular flexibility index (Phi) is 3.80. The van der Waals surface area contributed by atoms with Gasteiger partial charge in [-0.05, 0) is 44.6 Å². The van der Waals surface area contributed by atoms with Crippen LogP contribution in [0.5, 0.6) is 0 Å². The van der Waals surface area contributed by atoms with E-state index in [2.05, 4.69) is 13.8 Å². The fraction of sp³-hybridized carbons (Fsp3) is 0.818. The molecule has 12 heavy (non-hydrogen) atoms. The standard InChI is InChI=1S/C11H20O/c1-3-4-7-10-9(2)6-5-8-11(10)12/h11-12H,3-8H2,1-2H3. The van der Waals surface area contributed by atoms with E-state index >= 15 is 0 Å². The summed E-state index contributed by atoms with van der Waals surface area (Å²) in [6.07, 6.45) is 6.80. The van der Waals surface area contributed by atoms with Gasteiger partial charge in [-0.25, -0.2) is 0 Å². The van der Waals surface area contributed by atoms with Gasteiger partial charge >= 0.3 is 0 Å². The quantitative estimate of drug-likeness (QED) is 0.642. The predicted octanol–water partition coefficient (Wildman–Crippen LogP) is 3.04. The maximum absolute atomic E-state index is 9.71. The fourth-order valence-corrected chi connectivity index (χ4v) is 1.93. The predicted molar refractivity (Wildman–Crippen MR) is 52.1 cm³/mol. The van der Waals surface area contributed by atoms with E-state index in [1.54, 1.807) is 0 Å². The molecule has 0 fully saturated rings. The second-order valence-electron chi connectivity index (χ2n) is 3.82. The molecule has 1 N–H and O–H groups in total. The smallest absolute Gasteiger partial charge is 0.0752 e. The molecule has 0 heterocycles. The third-order valence-corrected chi connectivity index (χ3v) is 2.78. The van der Waals surface area contributed by atoms with Crippen molar-refractivity contribution in [1.29, 1.82) is 0 Å². The van der Waals surface area contributed by atoms with Crippen molar-refractivity contribution in [2.24, 2.45) is 0 Å². The first-order chi connectivity index (χ1) is 5.75. The van der Waals surface area contributed by atoms with Crippen molar-refractivity contribution in [2.75, 3.05) is 0 Å². The summed E-state index contributed by atoms with van der Waals surface area (Å²) in [6.45, 7) is 4.37. The first kappa shape index (κ1) is 9.79. The summed E-state index contributed by atoms with van der Waals surface area (Å²) in [5.74, 6) is 0. The Morgan fingerprint density at radius 1 is 1.50 bits per heavy atom. The lowest BCUT2D eigenvalue weighted by Crippen LogP contribution is -2.16. The van der Waals surface area contributed by atoms with Gasteiger partial charge in [-0.3, -0.25) is 0 Å². The summed E-state index contributed by atoms with van der Waals surface area (Å²) in [5, 5.41) is 9.71. The van der Waals surface area contributed by atoms with Crippen molar-refractivity contribution >= 4 is 0 Å². The molecule has 1 aliphatic carbocycles. The average molecular weight is 168 g/mol. The first-order valence-corrected chi connectivity index (χ1v) is 5.12.